The highest BCUT2D eigenvalue weighted by atomic mass is 31.2. The molecule has 0 unspecified atom stereocenters. The maximum Gasteiger partial charge on any atom is 0.221 e. The Hall–Kier alpha value is -0.0700. The van der Waals surface area contributed by atoms with E-state index in [0.717, 1.165) is 12.8 Å². The summed E-state index contributed by atoms with van der Waals surface area (Å²) in [5.74, 6) is 1.39. The van der Waals surface area contributed by atoms with Crippen LogP contribution in [0.25, 0.3) is 0 Å². The summed E-state index contributed by atoms with van der Waals surface area (Å²) in [7, 11) is -2.44. The lowest BCUT2D eigenvalue weighted by Gasteiger charge is -2.07. The predicted octanol–water partition coefficient (Wildman–Crippen LogP) is 2.85. The first-order valence-corrected chi connectivity index (χ1v) is 5.62. The van der Waals surface area contributed by atoms with Gasteiger partial charge < -0.3 is 4.52 Å². The monoisotopic (exact) mass is 162 g/mol. The van der Waals surface area contributed by atoms with Crippen LogP contribution in [0.1, 0.15) is 19.8 Å². The summed E-state index contributed by atoms with van der Waals surface area (Å²) in [5.41, 5.74) is 0. The molecule has 0 aliphatic carbocycles. The van der Waals surface area contributed by atoms with Crippen molar-refractivity contribution in [2.75, 3.05) is 13.3 Å². The first-order chi connectivity index (χ1) is 4.62. The summed E-state index contributed by atoms with van der Waals surface area (Å²) in [5, 5.41) is 0. The van der Waals surface area contributed by atoms with Crippen molar-refractivity contribution in [3.05, 3.63) is 12.4 Å². The maximum atomic E-state index is 11.1. The molecule has 0 aromatic heterocycles. The van der Waals surface area contributed by atoms with Crippen LogP contribution in [0.4, 0.5) is 0 Å². The van der Waals surface area contributed by atoms with Crippen LogP contribution in [-0.2, 0) is 9.09 Å². The van der Waals surface area contributed by atoms with E-state index in [0.29, 0.717) is 6.61 Å². The predicted molar refractivity (Wildman–Crippen MR) is 44.6 cm³/mol. The fourth-order valence-corrected chi connectivity index (χ4v) is 1.04. The standard InChI is InChI=1S/C7H15O2P/c1-4-6-7-9-10(3,8)5-2/h5H,2,4,6-7H2,1,3H3/t10-/m1/s1. The van der Waals surface area contributed by atoms with Gasteiger partial charge in [0.15, 0.2) is 0 Å². The second kappa shape index (κ2) is 4.70. The third-order valence-electron chi connectivity index (χ3n) is 1.18. The van der Waals surface area contributed by atoms with Crippen molar-refractivity contribution in [1.29, 1.82) is 0 Å². The Morgan fingerprint density at radius 1 is 1.70 bits per heavy atom. The van der Waals surface area contributed by atoms with Gasteiger partial charge in [0.25, 0.3) is 0 Å². The zero-order valence-electron chi connectivity index (χ0n) is 6.67. The van der Waals surface area contributed by atoms with Crippen LogP contribution in [-0.4, -0.2) is 13.3 Å². The molecule has 0 fully saturated rings. The number of hydrogen-bond donors (Lipinski definition) is 0. The van der Waals surface area contributed by atoms with Crippen LogP contribution >= 0.6 is 7.37 Å². The fourth-order valence-electron chi connectivity index (χ4n) is 0.443. The zero-order valence-corrected chi connectivity index (χ0v) is 7.56. The Bertz CT molecular complexity index is 143. The zero-order chi connectivity index (χ0) is 8.04. The first-order valence-electron chi connectivity index (χ1n) is 3.47. The van der Waals surface area contributed by atoms with Gasteiger partial charge in [0.2, 0.25) is 7.37 Å². The van der Waals surface area contributed by atoms with Gasteiger partial charge in [-0.15, -0.1) is 0 Å². The average molecular weight is 162 g/mol. The minimum Gasteiger partial charge on any atom is -0.326 e. The van der Waals surface area contributed by atoms with E-state index in [1.54, 1.807) is 6.66 Å². The molecular weight excluding hydrogens is 147 g/mol. The van der Waals surface area contributed by atoms with Gasteiger partial charge in [0.05, 0.1) is 6.61 Å². The van der Waals surface area contributed by atoms with E-state index < -0.39 is 7.37 Å². The summed E-state index contributed by atoms with van der Waals surface area (Å²) in [6, 6.07) is 0. The van der Waals surface area contributed by atoms with Gasteiger partial charge in [-0.05, 0) is 12.2 Å². The lowest BCUT2D eigenvalue weighted by Crippen LogP contribution is -1.88. The molecule has 0 spiro atoms. The summed E-state index contributed by atoms with van der Waals surface area (Å²) in [4.78, 5) is 0. The van der Waals surface area contributed by atoms with Crippen LogP contribution in [0.5, 0.6) is 0 Å². The van der Waals surface area contributed by atoms with E-state index in [2.05, 4.69) is 13.5 Å². The van der Waals surface area contributed by atoms with Crippen molar-refractivity contribution < 1.29 is 9.09 Å². The lowest BCUT2D eigenvalue weighted by molar-refractivity contribution is 0.315. The van der Waals surface area contributed by atoms with Gasteiger partial charge in [-0.3, -0.25) is 4.57 Å². The Kier molecular flexibility index (Phi) is 4.67. The molecule has 0 aromatic carbocycles. The van der Waals surface area contributed by atoms with E-state index in [1.807, 2.05) is 0 Å². The Balaban J connectivity index is 3.47. The molecule has 0 aromatic rings. The minimum absolute atomic E-state index is 0.580. The fraction of sp³-hybridized carbons (Fsp3) is 0.714. The Labute approximate surface area is 62.7 Å². The highest BCUT2D eigenvalue weighted by Crippen LogP contribution is 2.43. The molecule has 0 amide bonds. The molecule has 0 aliphatic rings. The first kappa shape index (κ1) is 9.93. The highest BCUT2D eigenvalue weighted by Gasteiger charge is 2.07. The maximum absolute atomic E-state index is 11.1. The van der Waals surface area contributed by atoms with Crippen molar-refractivity contribution in [3.8, 4) is 0 Å². The van der Waals surface area contributed by atoms with E-state index in [-0.39, 0.29) is 0 Å². The lowest BCUT2D eigenvalue weighted by atomic mass is 10.4. The molecule has 0 rings (SSSR count). The summed E-state index contributed by atoms with van der Waals surface area (Å²) in [6.45, 7) is 7.65. The van der Waals surface area contributed by atoms with Crippen LogP contribution in [0.15, 0.2) is 12.4 Å². The topological polar surface area (TPSA) is 26.3 Å². The van der Waals surface area contributed by atoms with Crippen LogP contribution < -0.4 is 0 Å². The molecule has 0 radical (unpaired) electrons. The number of unbranched alkanes of at least 4 members (excludes halogenated alkanes) is 1. The smallest absolute Gasteiger partial charge is 0.221 e. The van der Waals surface area contributed by atoms with Crippen molar-refractivity contribution >= 4 is 7.37 Å². The summed E-state index contributed by atoms with van der Waals surface area (Å²) >= 11 is 0. The van der Waals surface area contributed by atoms with Crippen molar-refractivity contribution in [3.63, 3.8) is 0 Å². The molecule has 10 heavy (non-hydrogen) atoms. The highest BCUT2D eigenvalue weighted by molar-refractivity contribution is 7.61. The largest absolute Gasteiger partial charge is 0.326 e. The summed E-state index contributed by atoms with van der Waals surface area (Å²) in [6.07, 6.45) is 2.03. The molecule has 0 heterocycles. The van der Waals surface area contributed by atoms with E-state index in [1.165, 1.54) is 5.82 Å². The van der Waals surface area contributed by atoms with Crippen LogP contribution in [0, 0.1) is 0 Å². The Morgan fingerprint density at radius 2 is 2.30 bits per heavy atom. The minimum atomic E-state index is -2.44. The van der Waals surface area contributed by atoms with Crippen molar-refractivity contribution in [2.45, 2.75) is 19.8 Å². The molecular formula is C7H15O2P. The third kappa shape index (κ3) is 4.78. The second-order valence-electron chi connectivity index (χ2n) is 2.28. The molecule has 3 heteroatoms. The van der Waals surface area contributed by atoms with Gasteiger partial charge >= 0.3 is 0 Å². The van der Waals surface area contributed by atoms with Crippen molar-refractivity contribution in [1.82, 2.24) is 0 Å². The third-order valence-corrected chi connectivity index (χ3v) is 2.54. The van der Waals surface area contributed by atoms with Gasteiger partial charge in [-0.25, -0.2) is 0 Å². The van der Waals surface area contributed by atoms with E-state index in [4.69, 9.17) is 4.52 Å². The van der Waals surface area contributed by atoms with Gasteiger partial charge in [-0.1, -0.05) is 19.9 Å². The Morgan fingerprint density at radius 3 is 2.70 bits per heavy atom. The molecule has 1 atom stereocenters. The summed E-state index contributed by atoms with van der Waals surface area (Å²) < 4.78 is 16.2. The van der Waals surface area contributed by atoms with Gasteiger partial charge in [-0.2, -0.15) is 0 Å². The molecule has 0 aliphatic heterocycles. The molecule has 0 saturated carbocycles. The quantitative estimate of drug-likeness (QED) is 0.459. The second-order valence-corrected chi connectivity index (χ2v) is 4.72. The number of rotatable bonds is 5. The molecule has 60 valence electrons. The molecule has 0 N–H and O–H groups in total. The van der Waals surface area contributed by atoms with E-state index in [9.17, 15) is 4.57 Å². The molecule has 0 saturated heterocycles. The normalized spacial score (nSPS) is 16.2. The molecule has 2 nitrogen and oxygen atoms in total. The van der Waals surface area contributed by atoms with Crippen LogP contribution in [0.2, 0.25) is 0 Å². The van der Waals surface area contributed by atoms with Crippen molar-refractivity contribution in [2.24, 2.45) is 0 Å². The number of hydrogen-bond acceptors (Lipinski definition) is 2. The van der Waals surface area contributed by atoms with Gasteiger partial charge in [0, 0.05) is 6.66 Å². The van der Waals surface area contributed by atoms with Crippen LogP contribution in [0.3, 0.4) is 0 Å². The molecule has 0 bridgehead atoms. The van der Waals surface area contributed by atoms with E-state index >= 15 is 0 Å². The average Bonchev–Trinajstić information content (AvgIpc) is 1.89. The van der Waals surface area contributed by atoms with Gasteiger partial charge in [0.1, 0.15) is 0 Å². The SMILES string of the molecule is C=C[P@](C)(=O)OCCCC.